The van der Waals surface area contributed by atoms with Crippen molar-refractivity contribution in [1.29, 1.82) is 0 Å². The Kier molecular flexibility index (Phi) is 6.27. The van der Waals surface area contributed by atoms with Crippen LogP contribution in [-0.2, 0) is 23.7 Å². The van der Waals surface area contributed by atoms with Gasteiger partial charge in [-0.25, -0.2) is 0 Å². The van der Waals surface area contributed by atoms with Crippen molar-refractivity contribution in [3.05, 3.63) is 0 Å². The molecule has 2 heterocycles. The van der Waals surface area contributed by atoms with E-state index in [1.165, 1.54) is 0 Å². The fourth-order valence-corrected chi connectivity index (χ4v) is 2.38. The molecule has 2 aliphatic rings. The molecular formula is C20H38O5. The van der Waals surface area contributed by atoms with Gasteiger partial charge in [-0.1, -0.05) is 13.8 Å². The van der Waals surface area contributed by atoms with E-state index in [2.05, 4.69) is 55.4 Å². The van der Waals surface area contributed by atoms with Gasteiger partial charge in [-0.2, -0.15) is 0 Å². The first-order chi connectivity index (χ1) is 11.3. The van der Waals surface area contributed by atoms with Crippen molar-refractivity contribution in [2.45, 2.75) is 90.8 Å². The van der Waals surface area contributed by atoms with Gasteiger partial charge in [-0.3, -0.25) is 0 Å². The second-order valence-electron chi connectivity index (χ2n) is 9.73. The highest BCUT2D eigenvalue weighted by Crippen LogP contribution is 2.37. The molecule has 5 heteroatoms. The van der Waals surface area contributed by atoms with Gasteiger partial charge in [0, 0.05) is 5.41 Å². The molecule has 0 spiro atoms. The van der Waals surface area contributed by atoms with Crippen molar-refractivity contribution in [3.63, 3.8) is 0 Å². The Labute approximate surface area is 153 Å². The molecule has 2 unspecified atom stereocenters. The molecule has 25 heavy (non-hydrogen) atoms. The van der Waals surface area contributed by atoms with Crippen LogP contribution in [0.1, 0.15) is 61.8 Å². The number of ether oxygens (including phenoxy) is 5. The van der Waals surface area contributed by atoms with Crippen LogP contribution in [0.2, 0.25) is 0 Å². The van der Waals surface area contributed by atoms with Crippen LogP contribution in [-0.4, -0.2) is 62.0 Å². The molecule has 0 saturated carbocycles. The Hall–Kier alpha value is -0.200. The Morgan fingerprint density at radius 1 is 0.840 bits per heavy atom. The molecule has 0 radical (unpaired) electrons. The van der Waals surface area contributed by atoms with E-state index < -0.39 is 0 Å². The fourth-order valence-electron chi connectivity index (χ4n) is 2.38. The lowest BCUT2D eigenvalue weighted by Gasteiger charge is -2.43. The molecule has 0 aromatic carbocycles. The van der Waals surface area contributed by atoms with Crippen molar-refractivity contribution in [2.24, 2.45) is 5.41 Å². The molecule has 148 valence electrons. The van der Waals surface area contributed by atoms with E-state index in [-0.39, 0.29) is 28.3 Å². The molecule has 5 nitrogen and oxygen atoms in total. The molecule has 2 aliphatic heterocycles. The lowest BCUT2D eigenvalue weighted by molar-refractivity contribution is -0.159. The third kappa shape index (κ3) is 6.47. The number of rotatable bonds is 12. The lowest BCUT2D eigenvalue weighted by atomic mass is 9.77. The van der Waals surface area contributed by atoms with Gasteiger partial charge in [0.1, 0.15) is 12.2 Å². The highest BCUT2D eigenvalue weighted by atomic mass is 16.6. The number of hydrogen-bond donors (Lipinski definition) is 0. The highest BCUT2D eigenvalue weighted by Gasteiger charge is 2.44. The Balaban J connectivity index is 1.75. The van der Waals surface area contributed by atoms with Gasteiger partial charge in [-0.15, -0.1) is 0 Å². The van der Waals surface area contributed by atoms with Gasteiger partial charge in [-0.05, 0) is 48.0 Å². The van der Waals surface area contributed by atoms with Gasteiger partial charge in [0.05, 0.1) is 49.8 Å². The first-order valence-electron chi connectivity index (χ1n) is 9.50. The van der Waals surface area contributed by atoms with Crippen LogP contribution in [0.5, 0.6) is 0 Å². The lowest BCUT2D eigenvalue weighted by Crippen LogP contribution is -2.48. The van der Waals surface area contributed by atoms with Crippen LogP contribution in [0.4, 0.5) is 0 Å². The second kappa shape index (κ2) is 7.43. The maximum atomic E-state index is 6.27. The third-order valence-electron chi connectivity index (χ3n) is 5.77. The molecule has 0 aliphatic carbocycles. The summed E-state index contributed by atoms with van der Waals surface area (Å²) in [4.78, 5) is 0. The topological polar surface area (TPSA) is 52.8 Å². The first kappa shape index (κ1) is 21.1. The number of epoxide rings is 2. The Morgan fingerprint density at radius 3 is 1.96 bits per heavy atom. The molecule has 0 bridgehead atoms. The van der Waals surface area contributed by atoms with Crippen LogP contribution in [0.3, 0.4) is 0 Å². The van der Waals surface area contributed by atoms with E-state index in [0.29, 0.717) is 25.9 Å². The molecular weight excluding hydrogens is 320 g/mol. The van der Waals surface area contributed by atoms with E-state index in [0.717, 1.165) is 19.6 Å². The molecule has 2 saturated heterocycles. The zero-order chi connectivity index (χ0) is 18.9. The standard InChI is InChI=1S/C20H38O5/c1-17(2,14-25-19(5,6)16-13-22-16)20(7,8)23-10-9-18(3,4)24-12-15-11-21-15/h15-16H,9-14H2,1-8H3. The predicted molar refractivity (Wildman–Crippen MR) is 98.0 cm³/mol. The summed E-state index contributed by atoms with van der Waals surface area (Å²) in [5.41, 5.74) is -0.864. The largest absolute Gasteiger partial charge is 0.375 e. The average Bonchev–Trinajstić information content (AvgIpc) is 3.36. The van der Waals surface area contributed by atoms with Crippen LogP contribution < -0.4 is 0 Å². The average molecular weight is 359 g/mol. The van der Waals surface area contributed by atoms with Crippen LogP contribution in [0.25, 0.3) is 0 Å². The van der Waals surface area contributed by atoms with E-state index >= 15 is 0 Å². The summed E-state index contributed by atoms with van der Waals surface area (Å²) in [6, 6.07) is 0. The summed E-state index contributed by atoms with van der Waals surface area (Å²) in [5.74, 6) is 0. The summed E-state index contributed by atoms with van der Waals surface area (Å²) < 4.78 is 29.0. The molecule has 2 rings (SSSR count). The van der Waals surface area contributed by atoms with Gasteiger partial charge < -0.3 is 23.7 Å². The smallest absolute Gasteiger partial charge is 0.109 e. The monoisotopic (exact) mass is 358 g/mol. The van der Waals surface area contributed by atoms with E-state index in [9.17, 15) is 0 Å². The summed E-state index contributed by atoms with van der Waals surface area (Å²) in [6.07, 6.45) is 1.37. The Bertz CT molecular complexity index is 433. The van der Waals surface area contributed by atoms with Crippen LogP contribution in [0.15, 0.2) is 0 Å². The minimum Gasteiger partial charge on any atom is -0.375 e. The molecule has 0 amide bonds. The van der Waals surface area contributed by atoms with Crippen molar-refractivity contribution in [1.82, 2.24) is 0 Å². The summed E-state index contributed by atoms with van der Waals surface area (Å²) in [6.45, 7) is 20.7. The Morgan fingerprint density at radius 2 is 1.44 bits per heavy atom. The molecule has 2 fully saturated rings. The second-order valence-corrected chi connectivity index (χ2v) is 9.73. The van der Waals surface area contributed by atoms with E-state index in [1.54, 1.807) is 0 Å². The molecule has 2 atom stereocenters. The first-order valence-corrected chi connectivity index (χ1v) is 9.50. The van der Waals surface area contributed by atoms with E-state index in [1.807, 2.05) is 0 Å². The van der Waals surface area contributed by atoms with Crippen LogP contribution >= 0.6 is 0 Å². The highest BCUT2D eigenvalue weighted by molar-refractivity contribution is 4.92. The molecule has 0 N–H and O–H groups in total. The van der Waals surface area contributed by atoms with Gasteiger partial charge in [0.2, 0.25) is 0 Å². The minimum atomic E-state index is -0.302. The molecule has 0 aromatic rings. The predicted octanol–water partition coefficient (Wildman–Crippen LogP) is 3.59. The molecule has 0 aromatic heterocycles. The van der Waals surface area contributed by atoms with Crippen molar-refractivity contribution in [3.8, 4) is 0 Å². The zero-order valence-electron chi connectivity index (χ0n) is 17.4. The number of hydrogen-bond acceptors (Lipinski definition) is 5. The fraction of sp³-hybridized carbons (Fsp3) is 1.00. The third-order valence-corrected chi connectivity index (χ3v) is 5.77. The van der Waals surface area contributed by atoms with Crippen molar-refractivity contribution < 1.29 is 23.7 Å². The maximum absolute atomic E-state index is 6.27. The van der Waals surface area contributed by atoms with Crippen LogP contribution in [0, 0.1) is 5.41 Å². The van der Waals surface area contributed by atoms with Gasteiger partial charge in [0.25, 0.3) is 0 Å². The van der Waals surface area contributed by atoms with Crippen molar-refractivity contribution >= 4 is 0 Å². The summed E-state index contributed by atoms with van der Waals surface area (Å²) in [7, 11) is 0. The summed E-state index contributed by atoms with van der Waals surface area (Å²) in [5, 5.41) is 0. The maximum Gasteiger partial charge on any atom is 0.109 e. The normalized spacial score (nSPS) is 24.5. The quantitative estimate of drug-likeness (QED) is 0.499. The van der Waals surface area contributed by atoms with Crippen molar-refractivity contribution in [2.75, 3.05) is 33.0 Å². The zero-order valence-corrected chi connectivity index (χ0v) is 17.4. The SMILES string of the molecule is CC(C)(CCOC(C)(C)C(C)(C)COC(C)(C)C1CO1)OCC1CO1. The summed E-state index contributed by atoms with van der Waals surface area (Å²) >= 11 is 0. The minimum absolute atomic E-state index is 0.119. The van der Waals surface area contributed by atoms with E-state index in [4.69, 9.17) is 23.7 Å². The van der Waals surface area contributed by atoms with Gasteiger partial charge in [0.15, 0.2) is 0 Å². The van der Waals surface area contributed by atoms with Gasteiger partial charge >= 0.3 is 0 Å².